The Morgan fingerprint density at radius 2 is 2.03 bits per heavy atom. The van der Waals surface area contributed by atoms with Gasteiger partial charge in [-0.15, -0.1) is 11.3 Å². The summed E-state index contributed by atoms with van der Waals surface area (Å²) < 4.78 is 11.8. The van der Waals surface area contributed by atoms with Crippen molar-refractivity contribution in [3.8, 4) is 11.5 Å². The average Bonchev–Trinajstić information content (AvgIpc) is 3.17. The standard InChI is InChI=1S/C24H22BrN3O4S/c1-28-9-8-16-19(12-28)33-23-20(16)22(29)26-21(27-23)13-6-7-17(18(11-13)31-2)32-24(30)14-4-3-5-15(25)10-14/h3-7,10-11,21,27H,8-9,12H2,1-2H3,(H,26,29)/t21-/m1/s1. The maximum absolute atomic E-state index is 13.0. The van der Waals surface area contributed by atoms with E-state index in [9.17, 15) is 9.59 Å². The Labute approximate surface area is 203 Å². The molecule has 170 valence electrons. The normalized spacial score (nSPS) is 17.4. The molecule has 2 N–H and O–H groups in total. The Morgan fingerprint density at radius 3 is 2.82 bits per heavy atom. The fourth-order valence-electron chi connectivity index (χ4n) is 4.13. The lowest BCUT2D eigenvalue weighted by molar-refractivity contribution is 0.0729. The fraction of sp³-hybridized carbons (Fsp3) is 0.250. The predicted molar refractivity (Wildman–Crippen MR) is 130 cm³/mol. The number of amides is 1. The summed E-state index contributed by atoms with van der Waals surface area (Å²) in [5, 5.41) is 7.41. The van der Waals surface area contributed by atoms with E-state index in [-0.39, 0.29) is 5.91 Å². The molecule has 33 heavy (non-hydrogen) atoms. The zero-order chi connectivity index (χ0) is 23.1. The number of anilines is 1. The third-order valence-electron chi connectivity index (χ3n) is 5.81. The number of hydrogen-bond acceptors (Lipinski definition) is 7. The summed E-state index contributed by atoms with van der Waals surface area (Å²) in [7, 11) is 3.61. The van der Waals surface area contributed by atoms with Crippen LogP contribution in [0.5, 0.6) is 11.5 Å². The highest BCUT2D eigenvalue weighted by atomic mass is 79.9. The zero-order valence-electron chi connectivity index (χ0n) is 18.1. The van der Waals surface area contributed by atoms with Crippen molar-refractivity contribution in [3.05, 3.63) is 74.1 Å². The zero-order valence-corrected chi connectivity index (χ0v) is 20.5. The van der Waals surface area contributed by atoms with Gasteiger partial charge in [0.1, 0.15) is 11.2 Å². The van der Waals surface area contributed by atoms with Gasteiger partial charge in [0.25, 0.3) is 5.91 Å². The number of ether oxygens (including phenoxy) is 2. The number of carbonyl (C=O) groups is 2. The first-order valence-electron chi connectivity index (χ1n) is 10.5. The van der Waals surface area contributed by atoms with E-state index >= 15 is 0 Å². The number of rotatable bonds is 4. The molecule has 2 aromatic carbocycles. The van der Waals surface area contributed by atoms with Crippen LogP contribution in [0, 0.1) is 0 Å². The quantitative estimate of drug-likeness (QED) is 0.381. The lowest BCUT2D eigenvalue weighted by atomic mass is 10.0. The second-order valence-corrected chi connectivity index (χ2v) is 10.1. The van der Waals surface area contributed by atoms with Gasteiger partial charge >= 0.3 is 5.97 Å². The molecular weight excluding hydrogens is 506 g/mol. The molecule has 3 heterocycles. The van der Waals surface area contributed by atoms with Gasteiger partial charge in [0.2, 0.25) is 0 Å². The van der Waals surface area contributed by atoms with E-state index in [0.717, 1.165) is 45.7 Å². The van der Waals surface area contributed by atoms with Gasteiger partial charge in [-0.3, -0.25) is 4.79 Å². The van der Waals surface area contributed by atoms with Gasteiger partial charge < -0.3 is 25.0 Å². The summed E-state index contributed by atoms with van der Waals surface area (Å²) in [4.78, 5) is 29.0. The van der Waals surface area contributed by atoms with E-state index in [0.29, 0.717) is 17.1 Å². The van der Waals surface area contributed by atoms with Gasteiger partial charge in [0, 0.05) is 22.4 Å². The summed E-state index contributed by atoms with van der Waals surface area (Å²) in [5.74, 6) is 0.165. The number of likely N-dealkylation sites (N-methyl/N-ethyl adjacent to an activating group) is 1. The number of thiophene rings is 1. The van der Waals surface area contributed by atoms with Gasteiger partial charge in [-0.1, -0.05) is 28.1 Å². The Kier molecular flexibility index (Phi) is 5.86. The number of benzene rings is 2. The van der Waals surface area contributed by atoms with Crippen molar-refractivity contribution in [1.82, 2.24) is 10.2 Å². The van der Waals surface area contributed by atoms with Crippen LogP contribution in [0.4, 0.5) is 5.00 Å². The van der Waals surface area contributed by atoms with Crippen molar-refractivity contribution >= 4 is 44.1 Å². The van der Waals surface area contributed by atoms with Gasteiger partial charge in [0.15, 0.2) is 11.5 Å². The Morgan fingerprint density at radius 1 is 1.18 bits per heavy atom. The molecule has 1 atom stereocenters. The average molecular weight is 528 g/mol. The third-order valence-corrected chi connectivity index (χ3v) is 7.45. The van der Waals surface area contributed by atoms with Crippen molar-refractivity contribution in [2.45, 2.75) is 19.1 Å². The van der Waals surface area contributed by atoms with Gasteiger partial charge in [-0.2, -0.15) is 0 Å². The first-order valence-corrected chi connectivity index (χ1v) is 12.1. The molecular formula is C24H22BrN3O4S. The van der Waals surface area contributed by atoms with Crippen LogP contribution < -0.4 is 20.1 Å². The molecule has 7 nitrogen and oxygen atoms in total. The van der Waals surface area contributed by atoms with Crippen LogP contribution in [0.1, 0.15) is 42.9 Å². The van der Waals surface area contributed by atoms with E-state index < -0.39 is 12.1 Å². The lowest BCUT2D eigenvalue weighted by Gasteiger charge is -2.27. The number of nitrogens with one attached hydrogen (secondary N) is 2. The molecule has 0 fully saturated rings. The van der Waals surface area contributed by atoms with E-state index in [1.54, 1.807) is 41.7 Å². The van der Waals surface area contributed by atoms with Crippen molar-refractivity contribution in [1.29, 1.82) is 0 Å². The van der Waals surface area contributed by atoms with Crippen LogP contribution in [-0.2, 0) is 13.0 Å². The summed E-state index contributed by atoms with van der Waals surface area (Å²) in [6.45, 7) is 1.81. The van der Waals surface area contributed by atoms with Crippen LogP contribution in [0.2, 0.25) is 0 Å². The molecule has 0 saturated carbocycles. The summed E-state index contributed by atoms with van der Waals surface area (Å²) in [6.07, 6.45) is 0.468. The molecule has 0 spiro atoms. The molecule has 0 aliphatic carbocycles. The number of methoxy groups -OCH3 is 1. The predicted octanol–water partition coefficient (Wildman–Crippen LogP) is 4.58. The molecule has 5 rings (SSSR count). The van der Waals surface area contributed by atoms with E-state index in [2.05, 4.69) is 38.5 Å². The van der Waals surface area contributed by atoms with E-state index in [1.807, 2.05) is 12.1 Å². The molecule has 2 aliphatic heterocycles. The van der Waals surface area contributed by atoms with E-state index in [4.69, 9.17) is 9.47 Å². The van der Waals surface area contributed by atoms with Crippen molar-refractivity contribution in [2.75, 3.05) is 26.0 Å². The van der Waals surface area contributed by atoms with Gasteiger partial charge in [0.05, 0.1) is 18.2 Å². The highest BCUT2D eigenvalue weighted by molar-refractivity contribution is 9.10. The minimum absolute atomic E-state index is 0.0695. The first-order chi connectivity index (χ1) is 15.9. The number of nitrogens with zero attached hydrogens (tertiary/aromatic N) is 1. The van der Waals surface area contributed by atoms with Crippen LogP contribution >= 0.6 is 27.3 Å². The van der Waals surface area contributed by atoms with Crippen molar-refractivity contribution in [2.24, 2.45) is 0 Å². The molecule has 0 saturated heterocycles. The topological polar surface area (TPSA) is 79.9 Å². The second kappa shape index (κ2) is 8.81. The fourth-order valence-corrected chi connectivity index (χ4v) is 5.89. The van der Waals surface area contributed by atoms with Crippen molar-refractivity contribution < 1.29 is 19.1 Å². The molecule has 1 aromatic heterocycles. The number of halogens is 1. The highest BCUT2D eigenvalue weighted by Gasteiger charge is 2.33. The Hall–Kier alpha value is -2.88. The minimum Gasteiger partial charge on any atom is -0.493 e. The molecule has 9 heteroatoms. The third kappa shape index (κ3) is 4.23. The summed E-state index contributed by atoms with van der Waals surface area (Å²) >= 11 is 5.01. The maximum atomic E-state index is 13.0. The number of carbonyl (C=O) groups excluding carboxylic acids is 2. The SMILES string of the molecule is COc1cc([C@@H]2NC(=O)c3c(sc4c3CCN(C)C4)N2)ccc1OC(=O)c1cccc(Br)c1. The van der Waals surface area contributed by atoms with Gasteiger partial charge in [-0.25, -0.2) is 4.79 Å². The van der Waals surface area contributed by atoms with E-state index in [1.165, 1.54) is 12.0 Å². The molecule has 0 unspecified atom stereocenters. The van der Waals surface area contributed by atoms with Gasteiger partial charge in [-0.05, 0) is 54.9 Å². The number of fused-ring (bicyclic) bond motifs is 3. The monoisotopic (exact) mass is 527 g/mol. The van der Waals surface area contributed by atoms with Crippen LogP contribution in [0.15, 0.2) is 46.9 Å². The maximum Gasteiger partial charge on any atom is 0.343 e. The van der Waals surface area contributed by atoms with Crippen LogP contribution in [0.25, 0.3) is 0 Å². The smallest absolute Gasteiger partial charge is 0.343 e. The second-order valence-electron chi connectivity index (χ2n) is 8.06. The Balaban J connectivity index is 1.38. The van der Waals surface area contributed by atoms with Crippen LogP contribution in [0.3, 0.4) is 0 Å². The minimum atomic E-state index is -0.481. The molecule has 0 radical (unpaired) electrons. The molecule has 1 amide bonds. The molecule has 3 aromatic rings. The first kappa shape index (κ1) is 21.9. The Bertz CT molecular complexity index is 1260. The largest absolute Gasteiger partial charge is 0.493 e. The summed E-state index contributed by atoms with van der Waals surface area (Å²) in [5.41, 5.74) is 3.16. The number of esters is 1. The van der Waals surface area contributed by atoms with Crippen molar-refractivity contribution in [3.63, 3.8) is 0 Å². The molecule has 0 bridgehead atoms. The summed E-state index contributed by atoms with van der Waals surface area (Å²) in [6, 6.07) is 12.3. The lowest BCUT2D eigenvalue weighted by Crippen LogP contribution is -2.38. The van der Waals surface area contributed by atoms with Crippen LogP contribution in [-0.4, -0.2) is 37.5 Å². The molecule has 2 aliphatic rings. The number of hydrogen-bond donors (Lipinski definition) is 2. The highest BCUT2D eigenvalue weighted by Crippen LogP contribution is 2.41.